The monoisotopic (exact) mass is 842 g/mol. The Morgan fingerprint density at radius 1 is 1.14 bits per heavy atom. The number of nitrogens with zero attached hydrogens (tertiary/aromatic N) is 3. The van der Waals surface area contributed by atoms with Crippen LogP contribution in [-0.2, 0) is 24.4 Å². The molecule has 4 aromatic rings. The molecule has 7 rings (SSSR count). The Kier molecular flexibility index (Phi) is 10.7. The van der Waals surface area contributed by atoms with E-state index in [9.17, 15) is 31.6 Å². The van der Waals surface area contributed by atoms with E-state index in [4.69, 9.17) is 21.1 Å². The van der Waals surface area contributed by atoms with Gasteiger partial charge in [-0.15, -0.1) is 17.9 Å². The van der Waals surface area contributed by atoms with Crippen molar-refractivity contribution < 1.29 is 41.1 Å². The molecule has 2 saturated carbocycles. The number of methoxy groups -OCH3 is 1. The van der Waals surface area contributed by atoms with Crippen molar-refractivity contribution in [3.05, 3.63) is 77.3 Å². The van der Waals surface area contributed by atoms with Gasteiger partial charge in [-0.2, -0.15) is 0 Å². The van der Waals surface area contributed by atoms with E-state index in [1.165, 1.54) is 35.7 Å². The van der Waals surface area contributed by atoms with Crippen LogP contribution in [0.25, 0.3) is 22.0 Å². The highest BCUT2D eigenvalue weighted by Crippen LogP contribution is 2.46. The minimum atomic E-state index is -3.94. The lowest BCUT2D eigenvalue weighted by Gasteiger charge is -2.35. The molecule has 3 aliphatic rings. The molecule has 2 aromatic heterocycles. The molecule has 3 amide bonds. The number of amides is 3. The van der Waals surface area contributed by atoms with E-state index in [1.807, 2.05) is 20.8 Å². The molecule has 57 heavy (non-hydrogen) atoms. The highest BCUT2D eigenvalue weighted by atomic mass is 35.5. The second-order valence-corrected chi connectivity index (χ2v) is 18.8. The number of ether oxygens (including phenoxy) is 2. The van der Waals surface area contributed by atoms with Crippen LogP contribution in [0.4, 0.5) is 13.9 Å². The summed E-state index contributed by atoms with van der Waals surface area (Å²) in [7, 11) is -2.43. The zero-order chi connectivity index (χ0) is 41.0. The van der Waals surface area contributed by atoms with E-state index in [-0.39, 0.29) is 41.7 Å². The average molecular weight is 843 g/mol. The van der Waals surface area contributed by atoms with Gasteiger partial charge in [-0.25, -0.2) is 27.2 Å². The molecule has 0 unspecified atom stereocenters. The van der Waals surface area contributed by atoms with Gasteiger partial charge >= 0.3 is 0 Å². The van der Waals surface area contributed by atoms with Gasteiger partial charge in [0.25, 0.3) is 5.91 Å². The molecule has 2 aromatic carbocycles. The molecule has 1 aliphatic heterocycles. The third-order valence-electron chi connectivity index (χ3n) is 10.5. The third-order valence-corrected chi connectivity index (χ3v) is 13.3. The number of sulfonamides is 1. The lowest BCUT2D eigenvalue weighted by Crippen LogP contribution is -2.58. The Hall–Kier alpha value is -4.87. The molecule has 3 N–H and O–H groups in total. The van der Waals surface area contributed by atoms with Crippen LogP contribution < -0.4 is 24.8 Å². The zero-order valence-corrected chi connectivity index (χ0v) is 33.9. The number of carbonyl (C=O) groups excluding carboxylic acids is 3. The summed E-state index contributed by atoms with van der Waals surface area (Å²) in [4.78, 5) is 53.0. The van der Waals surface area contributed by atoms with Crippen molar-refractivity contribution in [3.63, 3.8) is 0 Å². The number of aromatic nitrogens is 2. The van der Waals surface area contributed by atoms with E-state index in [1.54, 1.807) is 18.2 Å². The number of likely N-dealkylation sites (tertiary alicyclic amines) is 1. The fourth-order valence-corrected chi connectivity index (χ4v) is 9.38. The van der Waals surface area contributed by atoms with E-state index in [2.05, 4.69) is 31.9 Å². The minimum Gasteiger partial charge on any atom is -0.494 e. The maximum Gasteiger partial charge on any atom is 0.259 e. The molecule has 3 heterocycles. The number of rotatable bonds is 13. The second-order valence-electron chi connectivity index (χ2n) is 15.6. The quantitative estimate of drug-likeness (QED) is 0.139. The number of thiazole rings is 1. The fourth-order valence-electron chi connectivity index (χ4n) is 7.11. The first-order chi connectivity index (χ1) is 26.9. The van der Waals surface area contributed by atoms with Crippen LogP contribution in [0.1, 0.15) is 46.5 Å². The van der Waals surface area contributed by atoms with E-state index in [0.29, 0.717) is 34.4 Å². The maximum atomic E-state index is 14.8. The Labute approximate surface area is 337 Å². The van der Waals surface area contributed by atoms with Gasteiger partial charge in [-0.05, 0) is 55.0 Å². The summed E-state index contributed by atoms with van der Waals surface area (Å²) in [6.07, 6.45) is 3.12. The lowest BCUT2D eigenvalue weighted by atomic mass is 9.85. The molecule has 0 bridgehead atoms. The van der Waals surface area contributed by atoms with Gasteiger partial charge in [0.05, 0.1) is 36.4 Å². The maximum absolute atomic E-state index is 14.8. The molecule has 0 radical (unpaired) electrons. The number of anilines is 1. The summed E-state index contributed by atoms with van der Waals surface area (Å²) in [6, 6.07) is 6.40. The van der Waals surface area contributed by atoms with Gasteiger partial charge in [-0.3, -0.25) is 19.1 Å². The molecular formula is C39H41ClF2N6O7S2. The summed E-state index contributed by atoms with van der Waals surface area (Å²) in [5.41, 5.74) is -2.67. The van der Waals surface area contributed by atoms with Crippen LogP contribution in [0.15, 0.2) is 60.6 Å². The average Bonchev–Trinajstić information content (AvgIpc) is 4.04. The largest absolute Gasteiger partial charge is 0.494 e. The van der Waals surface area contributed by atoms with Crippen molar-refractivity contribution in [1.82, 2.24) is 24.9 Å². The Morgan fingerprint density at radius 3 is 2.49 bits per heavy atom. The fraction of sp³-hybridized carbons (Fsp3) is 0.410. The lowest BCUT2D eigenvalue weighted by molar-refractivity contribution is -0.141. The first-order valence-corrected chi connectivity index (χ1v) is 21.0. The predicted octanol–water partition coefficient (Wildman–Crippen LogP) is 5.84. The van der Waals surface area contributed by atoms with Crippen molar-refractivity contribution in [2.45, 2.75) is 75.4 Å². The number of carbonyl (C=O) groups is 3. The number of hydrogen-bond donors (Lipinski definition) is 3. The summed E-state index contributed by atoms with van der Waals surface area (Å²) < 4.78 is 68.8. The number of hydrogen-bond acceptors (Lipinski definition) is 11. The van der Waals surface area contributed by atoms with E-state index < -0.39 is 79.7 Å². The van der Waals surface area contributed by atoms with Gasteiger partial charge in [-0.1, -0.05) is 44.5 Å². The van der Waals surface area contributed by atoms with Crippen LogP contribution in [0.3, 0.4) is 0 Å². The molecule has 13 nitrogen and oxygen atoms in total. The van der Waals surface area contributed by atoms with Crippen LogP contribution in [0.2, 0.25) is 5.02 Å². The summed E-state index contributed by atoms with van der Waals surface area (Å²) in [5.74, 6) is -3.58. The number of benzene rings is 2. The summed E-state index contributed by atoms with van der Waals surface area (Å²) >= 11 is 7.40. The van der Waals surface area contributed by atoms with Crippen LogP contribution in [0.5, 0.6) is 11.6 Å². The number of halogens is 3. The summed E-state index contributed by atoms with van der Waals surface area (Å²) in [5, 5.41) is 8.56. The highest BCUT2D eigenvalue weighted by molar-refractivity contribution is 7.91. The summed E-state index contributed by atoms with van der Waals surface area (Å²) in [6.45, 7) is 9.10. The van der Waals surface area contributed by atoms with Gasteiger partial charge in [0.1, 0.15) is 41.1 Å². The molecule has 0 spiro atoms. The van der Waals surface area contributed by atoms with Gasteiger partial charge in [0.2, 0.25) is 27.7 Å². The first-order valence-electron chi connectivity index (χ1n) is 18.2. The number of pyridine rings is 1. The molecule has 3 fully saturated rings. The topological polar surface area (TPSA) is 169 Å². The van der Waals surface area contributed by atoms with Gasteiger partial charge < -0.3 is 25.0 Å². The Morgan fingerprint density at radius 2 is 1.86 bits per heavy atom. The molecular weight excluding hydrogens is 802 g/mol. The SMILES string of the molecule is C=C[C@@H]1C[C@]1(NC(=O)[C@@H]1C[C@@H](Oc2ncc(OC)c3ccc(Cl)cc23)CN1C(=O)[C@@H](Nc1nc(-c2c(F)cccc2F)cs1)C(C)(C)C)C(=O)NS(=O)(=O)C1CC1. The second kappa shape index (κ2) is 15.1. The first kappa shape index (κ1) is 40.3. The molecule has 2 aliphatic carbocycles. The smallest absolute Gasteiger partial charge is 0.259 e. The van der Waals surface area contributed by atoms with Crippen molar-refractivity contribution in [2.24, 2.45) is 11.3 Å². The molecule has 1 saturated heterocycles. The van der Waals surface area contributed by atoms with Gasteiger partial charge in [0.15, 0.2) is 5.13 Å². The van der Waals surface area contributed by atoms with E-state index >= 15 is 0 Å². The standard InChI is InChI=1S/C39H41ClF2N6O7S2/c1-6-20-16-39(20,36(51)47-57(52,53)23-11-12-23)46-33(49)29-15-22(55-34-25-14-21(40)10-13-24(25)30(54-5)17-43-34)18-48(29)35(50)32(38(2,3)4)45-37-44-28(19-56-37)31-26(41)8-7-9-27(31)42/h6-10,13-14,17,19-20,22-23,29,32H,1,11-12,15-16,18H2,2-5H3,(H,44,45)(H,46,49)(H,47,51)/t20-,22-,29+,32-,39-/m1/s1. The molecule has 18 heteroatoms. The Bertz CT molecular complexity index is 2370. The van der Waals surface area contributed by atoms with Crippen LogP contribution in [0, 0.1) is 23.0 Å². The molecule has 302 valence electrons. The molecule has 5 atom stereocenters. The van der Waals surface area contributed by atoms with E-state index in [0.717, 1.165) is 23.5 Å². The Balaban J connectivity index is 1.20. The van der Waals surface area contributed by atoms with Crippen LogP contribution in [-0.4, -0.2) is 83.6 Å². The third kappa shape index (κ3) is 8.01. The van der Waals surface area contributed by atoms with Crippen molar-refractivity contribution >= 4 is 66.6 Å². The minimum absolute atomic E-state index is 0.0327. The van der Waals surface area contributed by atoms with Gasteiger partial charge in [0, 0.05) is 33.5 Å². The normalized spacial score (nSPS) is 22.4. The number of fused-ring (bicyclic) bond motifs is 1. The number of nitrogens with one attached hydrogen (secondary N) is 3. The van der Waals surface area contributed by atoms with Crippen LogP contribution >= 0.6 is 22.9 Å². The predicted molar refractivity (Wildman–Crippen MR) is 211 cm³/mol. The zero-order valence-electron chi connectivity index (χ0n) is 31.5. The van der Waals surface area contributed by atoms with Crippen molar-refractivity contribution in [1.29, 1.82) is 0 Å². The highest BCUT2D eigenvalue weighted by Gasteiger charge is 2.62. The van der Waals surface area contributed by atoms with Crippen molar-refractivity contribution in [3.8, 4) is 22.9 Å². The van der Waals surface area contributed by atoms with Crippen molar-refractivity contribution in [2.75, 3.05) is 19.0 Å².